The molecule has 1 fully saturated rings. The fourth-order valence-electron chi connectivity index (χ4n) is 1.51. The van der Waals surface area contributed by atoms with Gasteiger partial charge in [0.15, 0.2) is 0 Å². The second-order valence-corrected chi connectivity index (χ2v) is 3.87. The summed E-state index contributed by atoms with van der Waals surface area (Å²) in [5.41, 5.74) is 6.26. The van der Waals surface area contributed by atoms with E-state index in [9.17, 15) is 0 Å². The van der Waals surface area contributed by atoms with Crippen molar-refractivity contribution >= 4 is 11.8 Å². The maximum Gasteiger partial charge on any atom is 0.0245 e. The van der Waals surface area contributed by atoms with Crippen molar-refractivity contribution in [3.8, 4) is 0 Å². The van der Waals surface area contributed by atoms with Gasteiger partial charge in [0, 0.05) is 11.3 Å². The third-order valence-electron chi connectivity index (χ3n) is 2.03. The topological polar surface area (TPSA) is 26.0 Å². The molecule has 2 N–H and O–H groups in total. The van der Waals surface area contributed by atoms with E-state index in [0.29, 0.717) is 0 Å². The van der Waals surface area contributed by atoms with Crippen molar-refractivity contribution in [2.75, 3.05) is 12.0 Å². The first-order valence-corrected chi connectivity index (χ1v) is 4.94. The normalized spacial score (nSPS) is 24.7. The maximum atomic E-state index is 6.05. The average Bonchev–Trinajstić information content (AvgIpc) is 2.16. The van der Waals surface area contributed by atoms with Gasteiger partial charge in [-0.15, -0.1) is 0 Å². The first kappa shape index (κ1) is 7.42. The molecule has 1 aliphatic rings. The lowest BCUT2D eigenvalue weighted by molar-refractivity contribution is 0.497. The third-order valence-corrected chi connectivity index (χ3v) is 2.89. The van der Waals surface area contributed by atoms with Gasteiger partial charge in [-0.05, 0) is 19.1 Å². The smallest absolute Gasteiger partial charge is 0.0245 e. The highest BCUT2D eigenvalue weighted by Crippen LogP contribution is 2.29. The van der Waals surface area contributed by atoms with Gasteiger partial charge in [0.1, 0.15) is 0 Å². The Kier molecular flexibility index (Phi) is 2.42. The van der Waals surface area contributed by atoms with E-state index in [4.69, 9.17) is 5.73 Å². The molecule has 2 heteroatoms. The first-order chi connectivity index (χ1) is 4.27. The number of hydrogen-bond donors (Lipinski definition) is 1. The van der Waals surface area contributed by atoms with Crippen LogP contribution in [0.2, 0.25) is 0 Å². The molecule has 1 saturated carbocycles. The molecule has 0 amide bonds. The lowest BCUT2D eigenvalue weighted by Gasteiger charge is -2.21. The Morgan fingerprint density at radius 3 is 2.44 bits per heavy atom. The van der Waals surface area contributed by atoms with Crippen LogP contribution in [0.5, 0.6) is 0 Å². The van der Waals surface area contributed by atoms with Crippen molar-refractivity contribution in [3.05, 3.63) is 0 Å². The average molecular weight is 145 g/mol. The Morgan fingerprint density at radius 1 is 1.44 bits per heavy atom. The molecule has 0 heterocycles. The number of thioether (sulfide) groups is 1. The minimum absolute atomic E-state index is 0.208. The second kappa shape index (κ2) is 2.93. The van der Waals surface area contributed by atoms with Crippen molar-refractivity contribution in [3.63, 3.8) is 0 Å². The standard InChI is InChI=1S/C7H15NS/c1-9-6-7(8)4-2-3-5-7/h2-6,8H2,1H3. The molecule has 0 saturated heterocycles. The molecule has 1 nitrogen and oxygen atoms in total. The summed E-state index contributed by atoms with van der Waals surface area (Å²) in [6.45, 7) is 0. The van der Waals surface area contributed by atoms with Crippen LogP contribution in [0, 0.1) is 0 Å². The fourth-order valence-corrected chi connectivity index (χ4v) is 2.37. The lowest BCUT2D eigenvalue weighted by atomic mass is 10.0. The quantitative estimate of drug-likeness (QED) is 0.639. The van der Waals surface area contributed by atoms with Crippen LogP contribution in [-0.4, -0.2) is 17.5 Å². The van der Waals surface area contributed by atoms with Crippen molar-refractivity contribution in [1.82, 2.24) is 0 Å². The SMILES string of the molecule is CSCC1(N)CCCC1. The van der Waals surface area contributed by atoms with E-state index >= 15 is 0 Å². The molecule has 1 rings (SSSR count). The van der Waals surface area contributed by atoms with Gasteiger partial charge in [0.2, 0.25) is 0 Å². The molecule has 0 atom stereocenters. The summed E-state index contributed by atoms with van der Waals surface area (Å²) in [7, 11) is 0. The molecule has 0 bridgehead atoms. The monoisotopic (exact) mass is 145 g/mol. The van der Waals surface area contributed by atoms with Gasteiger partial charge in [-0.1, -0.05) is 12.8 Å². The van der Waals surface area contributed by atoms with Crippen LogP contribution in [-0.2, 0) is 0 Å². The molecule has 0 spiro atoms. The van der Waals surface area contributed by atoms with E-state index in [0.717, 1.165) is 5.75 Å². The molecule has 0 radical (unpaired) electrons. The molecule has 1 aliphatic carbocycles. The minimum atomic E-state index is 0.208. The van der Waals surface area contributed by atoms with Crippen LogP contribution in [0.25, 0.3) is 0 Å². The van der Waals surface area contributed by atoms with E-state index in [1.54, 1.807) is 0 Å². The predicted molar refractivity (Wildman–Crippen MR) is 43.8 cm³/mol. The van der Waals surface area contributed by atoms with E-state index < -0.39 is 0 Å². The van der Waals surface area contributed by atoms with Crippen LogP contribution >= 0.6 is 11.8 Å². The Bertz CT molecular complexity index is 86.9. The molecular weight excluding hydrogens is 130 g/mol. The van der Waals surface area contributed by atoms with Gasteiger partial charge in [-0.25, -0.2) is 0 Å². The zero-order valence-corrected chi connectivity index (χ0v) is 6.84. The Hall–Kier alpha value is 0.310. The molecule has 9 heavy (non-hydrogen) atoms. The second-order valence-electron chi connectivity index (χ2n) is 3.00. The molecule has 54 valence electrons. The van der Waals surface area contributed by atoms with Gasteiger partial charge in [-0.3, -0.25) is 0 Å². The van der Waals surface area contributed by atoms with E-state index in [2.05, 4.69) is 6.26 Å². The summed E-state index contributed by atoms with van der Waals surface area (Å²) in [5, 5.41) is 0. The molecule has 0 unspecified atom stereocenters. The lowest BCUT2D eigenvalue weighted by Crippen LogP contribution is -2.38. The number of hydrogen-bond acceptors (Lipinski definition) is 2. The van der Waals surface area contributed by atoms with Crippen LogP contribution < -0.4 is 5.73 Å². The van der Waals surface area contributed by atoms with Gasteiger partial charge in [0.05, 0.1) is 0 Å². The Balaban J connectivity index is 2.32. The molecular formula is C7H15NS. The van der Waals surface area contributed by atoms with Crippen molar-refractivity contribution in [2.45, 2.75) is 31.2 Å². The first-order valence-electron chi connectivity index (χ1n) is 3.55. The molecule has 0 aromatic carbocycles. The Labute approximate surface area is 61.4 Å². The highest BCUT2D eigenvalue weighted by Gasteiger charge is 2.27. The van der Waals surface area contributed by atoms with Crippen LogP contribution in [0.3, 0.4) is 0 Å². The summed E-state index contributed by atoms with van der Waals surface area (Å²) >= 11 is 1.87. The largest absolute Gasteiger partial charge is 0.324 e. The summed E-state index contributed by atoms with van der Waals surface area (Å²) < 4.78 is 0. The van der Waals surface area contributed by atoms with E-state index in [-0.39, 0.29) is 5.54 Å². The Morgan fingerprint density at radius 2 is 2.00 bits per heavy atom. The minimum Gasteiger partial charge on any atom is -0.324 e. The van der Waals surface area contributed by atoms with Crippen LogP contribution in [0.4, 0.5) is 0 Å². The molecule has 0 aromatic rings. The summed E-state index contributed by atoms with van der Waals surface area (Å²) in [4.78, 5) is 0. The van der Waals surface area contributed by atoms with Crippen molar-refractivity contribution in [2.24, 2.45) is 5.73 Å². The van der Waals surface area contributed by atoms with Crippen LogP contribution in [0.1, 0.15) is 25.7 Å². The third kappa shape index (κ3) is 1.87. The highest BCUT2D eigenvalue weighted by atomic mass is 32.2. The fraction of sp³-hybridized carbons (Fsp3) is 1.00. The van der Waals surface area contributed by atoms with Gasteiger partial charge in [0.25, 0.3) is 0 Å². The number of rotatable bonds is 2. The van der Waals surface area contributed by atoms with E-state index in [1.165, 1.54) is 25.7 Å². The van der Waals surface area contributed by atoms with Crippen LogP contribution in [0.15, 0.2) is 0 Å². The van der Waals surface area contributed by atoms with E-state index in [1.807, 2.05) is 11.8 Å². The number of nitrogens with two attached hydrogens (primary N) is 1. The summed E-state index contributed by atoms with van der Waals surface area (Å²) in [6, 6.07) is 0. The zero-order chi connectivity index (χ0) is 6.74. The zero-order valence-electron chi connectivity index (χ0n) is 6.02. The highest BCUT2D eigenvalue weighted by molar-refractivity contribution is 7.98. The predicted octanol–water partition coefficient (Wildman–Crippen LogP) is 1.62. The molecule has 0 aromatic heterocycles. The van der Waals surface area contributed by atoms with Gasteiger partial charge in [-0.2, -0.15) is 11.8 Å². The summed E-state index contributed by atoms with van der Waals surface area (Å²) in [5.74, 6) is 1.15. The van der Waals surface area contributed by atoms with Gasteiger partial charge >= 0.3 is 0 Å². The molecule has 0 aliphatic heterocycles. The summed E-state index contributed by atoms with van der Waals surface area (Å²) in [6.07, 6.45) is 7.31. The maximum absolute atomic E-state index is 6.05. The van der Waals surface area contributed by atoms with Crippen molar-refractivity contribution < 1.29 is 0 Å². The van der Waals surface area contributed by atoms with Gasteiger partial charge < -0.3 is 5.73 Å². The van der Waals surface area contributed by atoms with Crippen molar-refractivity contribution in [1.29, 1.82) is 0 Å².